The monoisotopic (exact) mass is 368 g/mol. The molecule has 2 atom stereocenters. The molecule has 1 saturated heterocycles. The Morgan fingerprint density at radius 3 is 2.56 bits per heavy atom. The highest BCUT2D eigenvalue weighted by atomic mass is 16.2. The van der Waals surface area contributed by atoms with Crippen LogP contribution in [0, 0.1) is 11.8 Å². The van der Waals surface area contributed by atoms with E-state index in [0.29, 0.717) is 6.54 Å². The smallest absolute Gasteiger partial charge is 0.227 e. The van der Waals surface area contributed by atoms with Gasteiger partial charge in [0.15, 0.2) is 0 Å². The van der Waals surface area contributed by atoms with Crippen LogP contribution in [0.4, 0.5) is 5.69 Å². The predicted octanol–water partition coefficient (Wildman–Crippen LogP) is 2.85. The summed E-state index contributed by atoms with van der Waals surface area (Å²) in [5.74, 6) is -0.172. The first-order valence-electron chi connectivity index (χ1n) is 9.57. The second-order valence-corrected chi connectivity index (χ2v) is 7.60. The third-order valence-corrected chi connectivity index (χ3v) is 5.20. The molecule has 6 nitrogen and oxygen atoms in total. The lowest BCUT2D eigenvalue weighted by Gasteiger charge is -2.23. The summed E-state index contributed by atoms with van der Waals surface area (Å²) >= 11 is 0. The molecule has 0 aliphatic carbocycles. The molecular weight excluding hydrogens is 340 g/mol. The Labute approximate surface area is 160 Å². The second kappa shape index (κ2) is 7.94. The number of nitrogens with one attached hydrogen (secondary N) is 1. The molecule has 27 heavy (non-hydrogen) atoms. The van der Waals surface area contributed by atoms with Crippen molar-refractivity contribution in [1.82, 2.24) is 15.1 Å². The molecule has 1 fully saturated rings. The van der Waals surface area contributed by atoms with Gasteiger partial charge < -0.3 is 10.2 Å². The molecule has 0 bridgehead atoms. The van der Waals surface area contributed by atoms with E-state index in [0.717, 1.165) is 17.7 Å². The van der Waals surface area contributed by atoms with E-state index in [-0.39, 0.29) is 36.1 Å². The fraction of sp³-hybridized carbons (Fsp3) is 0.476. The number of rotatable bonds is 6. The summed E-state index contributed by atoms with van der Waals surface area (Å²) in [4.78, 5) is 27.0. The summed E-state index contributed by atoms with van der Waals surface area (Å²) in [7, 11) is 1.86. The maximum atomic E-state index is 12.8. The van der Waals surface area contributed by atoms with Crippen molar-refractivity contribution in [2.45, 2.75) is 39.7 Å². The van der Waals surface area contributed by atoms with Crippen LogP contribution in [-0.2, 0) is 23.1 Å². The van der Waals surface area contributed by atoms with Gasteiger partial charge in [0, 0.05) is 37.5 Å². The molecular formula is C21H28N4O2. The number of hydrogen-bond donors (Lipinski definition) is 1. The fourth-order valence-electron chi connectivity index (χ4n) is 3.55. The zero-order chi connectivity index (χ0) is 19.6. The Kier molecular flexibility index (Phi) is 5.63. The van der Waals surface area contributed by atoms with Gasteiger partial charge in [0.25, 0.3) is 0 Å². The summed E-state index contributed by atoms with van der Waals surface area (Å²) in [6.45, 7) is 6.66. The minimum atomic E-state index is -0.332. The zero-order valence-corrected chi connectivity index (χ0v) is 16.5. The van der Waals surface area contributed by atoms with Crippen LogP contribution >= 0.6 is 0 Å². The molecule has 2 aromatic rings. The van der Waals surface area contributed by atoms with Gasteiger partial charge >= 0.3 is 0 Å². The van der Waals surface area contributed by atoms with E-state index in [4.69, 9.17) is 0 Å². The van der Waals surface area contributed by atoms with E-state index in [1.165, 1.54) is 5.56 Å². The summed E-state index contributed by atoms with van der Waals surface area (Å²) in [6.07, 6.45) is 4.92. The molecule has 1 aliphatic heterocycles. The molecule has 1 aromatic heterocycles. The molecule has 2 unspecified atom stereocenters. The van der Waals surface area contributed by atoms with Gasteiger partial charge in [-0.2, -0.15) is 5.10 Å². The quantitative estimate of drug-likeness (QED) is 0.852. The highest BCUT2D eigenvalue weighted by Gasteiger charge is 2.36. The molecule has 0 spiro atoms. The lowest BCUT2D eigenvalue weighted by Crippen LogP contribution is -2.37. The minimum Gasteiger partial charge on any atom is -0.349 e. The number of hydrogen-bond acceptors (Lipinski definition) is 3. The third kappa shape index (κ3) is 4.21. The number of aryl methyl sites for hydroxylation is 2. The van der Waals surface area contributed by atoms with Crippen LogP contribution in [-0.4, -0.2) is 28.1 Å². The molecule has 2 heterocycles. The first kappa shape index (κ1) is 19.1. The first-order valence-corrected chi connectivity index (χ1v) is 9.57. The third-order valence-electron chi connectivity index (χ3n) is 5.20. The van der Waals surface area contributed by atoms with Gasteiger partial charge in [-0.15, -0.1) is 0 Å². The average molecular weight is 368 g/mol. The normalized spacial score (nSPS) is 18.2. The average Bonchev–Trinajstić information content (AvgIpc) is 3.25. The Morgan fingerprint density at radius 2 is 2.00 bits per heavy atom. The minimum absolute atomic E-state index is 0.00173. The highest BCUT2D eigenvalue weighted by molar-refractivity contribution is 6.00. The van der Waals surface area contributed by atoms with E-state index < -0.39 is 0 Å². The Morgan fingerprint density at radius 1 is 1.30 bits per heavy atom. The summed E-state index contributed by atoms with van der Waals surface area (Å²) < 4.78 is 1.73. The van der Waals surface area contributed by atoms with Crippen LogP contribution in [0.1, 0.15) is 44.4 Å². The first-order chi connectivity index (χ1) is 12.9. The summed E-state index contributed by atoms with van der Waals surface area (Å²) in [5.41, 5.74) is 3.08. The van der Waals surface area contributed by atoms with E-state index in [2.05, 4.69) is 31.2 Å². The number of aromatic nitrogens is 2. The fourth-order valence-corrected chi connectivity index (χ4v) is 3.55. The molecule has 0 saturated carbocycles. The van der Waals surface area contributed by atoms with Crippen molar-refractivity contribution in [3.8, 4) is 0 Å². The molecule has 3 rings (SSSR count). The van der Waals surface area contributed by atoms with Crippen LogP contribution < -0.4 is 10.2 Å². The van der Waals surface area contributed by atoms with Gasteiger partial charge in [0.2, 0.25) is 11.8 Å². The van der Waals surface area contributed by atoms with Crippen molar-refractivity contribution < 1.29 is 9.59 Å². The molecule has 1 N–H and O–H groups in total. The Hall–Kier alpha value is -2.63. The summed E-state index contributed by atoms with van der Waals surface area (Å²) in [6, 6.07) is 7.88. The number of carbonyl (C=O) groups excluding carboxylic acids is 2. The molecule has 1 aliphatic rings. The van der Waals surface area contributed by atoms with Crippen LogP contribution in [0.25, 0.3) is 0 Å². The van der Waals surface area contributed by atoms with E-state index in [1.54, 1.807) is 15.8 Å². The second-order valence-electron chi connectivity index (χ2n) is 7.60. The number of carbonyl (C=O) groups is 2. The Bertz CT molecular complexity index is 810. The van der Waals surface area contributed by atoms with E-state index >= 15 is 0 Å². The van der Waals surface area contributed by atoms with Gasteiger partial charge in [-0.05, 0) is 30.0 Å². The van der Waals surface area contributed by atoms with Crippen LogP contribution in [0.3, 0.4) is 0 Å². The number of nitrogens with zero attached hydrogens (tertiary/aromatic N) is 3. The predicted molar refractivity (Wildman–Crippen MR) is 105 cm³/mol. The van der Waals surface area contributed by atoms with Crippen LogP contribution in [0.2, 0.25) is 0 Å². The van der Waals surface area contributed by atoms with Crippen molar-refractivity contribution in [3.05, 3.63) is 47.8 Å². The molecule has 2 amide bonds. The number of benzene rings is 1. The van der Waals surface area contributed by atoms with Gasteiger partial charge in [-0.1, -0.05) is 32.9 Å². The van der Waals surface area contributed by atoms with E-state index in [1.807, 2.05) is 37.5 Å². The van der Waals surface area contributed by atoms with Crippen LogP contribution in [0.15, 0.2) is 36.7 Å². The zero-order valence-electron chi connectivity index (χ0n) is 16.5. The lowest BCUT2D eigenvalue weighted by atomic mass is 9.97. The molecule has 144 valence electrons. The highest BCUT2D eigenvalue weighted by Crippen LogP contribution is 2.27. The largest absolute Gasteiger partial charge is 0.349 e. The topological polar surface area (TPSA) is 67.2 Å². The van der Waals surface area contributed by atoms with Crippen molar-refractivity contribution in [1.29, 1.82) is 0 Å². The maximum Gasteiger partial charge on any atom is 0.227 e. The van der Waals surface area contributed by atoms with E-state index in [9.17, 15) is 9.59 Å². The SMILES string of the molecule is CCc1ccc(N2CC(C(=O)NC(c3cnn(C)c3)C(C)C)CC2=O)cc1. The van der Waals surface area contributed by atoms with Crippen LogP contribution in [0.5, 0.6) is 0 Å². The standard InChI is InChI=1S/C21H28N4O2/c1-5-15-6-8-18(9-7-15)25-13-16(10-19(25)26)21(27)23-20(14(2)3)17-11-22-24(4)12-17/h6-9,11-12,14,16,20H,5,10,13H2,1-4H3,(H,23,27). The van der Waals surface area contributed by atoms with Gasteiger partial charge in [-0.3, -0.25) is 14.3 Å². The molecule has 1 aromatic carbocycles. The van der Waals surface area contributed by atoms with Gasteiger partial charge in [-0.25, -0.2) is 0 Å². The maximum absolute atomic E-state index is 12.8. The number of anilines is 1. The van der Waals surface area contributed by atoms with Crippen molar-refractivity contribution in [2.24, 2.45) is 18.9 Å². The van der Waals surface area contributed by atoms with Crippen molar-refractivity contribution >= 4 is 17.5 Å². The Balaban J connectivity index is 1.69. The molecule has 6 heteroatoms. The lowest BCUT2D eigenvalue weighted by molar-refractivity contribution is -0.127. The summed E-state index contributed by atoms with van der Waals surface area (Å²) in [5, 5.41) is 7.33. The van der Waals surface area contributed by atoms with Crippen molar-refractivity contribution in [3.63, 3.8) is 0 Å². The molecule has 0 radical (unpaired) electrons. The van der Waals surface area contributed by atoms with Crippen molar-refractivity contribution in [2.75, 3.05) is 11.4 Å². The number of amides is 2. The van der Waals surface area contributed by atoms with Gasteiger partial charge in [0.05, 0.1) is 18.2 Å². The van der Waals surface area contributed by atoms with Gasteiger partial charge in [0.1, 0.15) is 0 Å².